The molecule has 2 aromatic rings. The highest BCUT2D eigenvalue weighted by Crippen LogP contribution is 2.44. The van der Waals surface area contributed by atoms with Crippen molar-refractivity contribution in [2.75, 3.05) is 19.7 Å². The molecule has 2 aliphatic rings. The fraction of sp³-hybridized carbons (Fsp3) is 0.444. The van der Waals surface area contributed by atoms with Gasteiger partial charge in [-0.25, -0.2) is 4.79 Å². The fourth-order valence-electron chi connectivity index (χ4n) is 4.89. The zero-order valence-electron chi connectivity index (χ0n) is 19.7. The molecule has 7 nitrogen and oxygen atoms in total. The molecule has 2 atom stereocenters. The van der Waals surface area contributed by atoms with Crippen LogP contribution in [0.15, 0.2) is 48.5 Å². The van der Waals surface area contributed by atoms with Gasteiger partial charge >= 0.3 is 12.1 Å². The Morgan fingerprint density at radius 2 is 1.59 bits per heavy atom. The van der Waals surface area contributed by atoms with E-state index < -0.39 is 18.0 Å². The maximum atomic E-state index is 12.4. The molecule has 0 radical (unpaired) electrons. The highest BCUT2D eigenvalue weighted by atomic mass is 16.5. The summed E-state index contributed by atoms with van der Waals surface area (Å²) in [7, 11) is 0. The van der Waals surface area contributed by atoms with Crippen LogP contribution >= 0.6 is 0 Å². The summed E-state index contributed by atoms with van der Waals surface area (Å²) >= 11 is 0. The van der Waals surface area contributed by atoms with Crippen LogP contribution in [-0.4, -0.2) is 53.7 Å². The third-order valence-electron chi connectivity index (χ3n) is 6.95. The number of likely N-dealkylation sites (tertiary alicyclic amines) is 1. The Balaban J connectivity index is 1.19. The Hall–Kier alpha value is -3.35. The van der Waals surface area contributed by atoms with Crippen LogP contribution in [0.3, 0.4) is 0 Å². The maximum absolute atomic E-state index is 12.4. The second-order valence-electron chi connectivity index (χ2n) is 9.48. The lowest BCUT2D eigenvalue weighted by molar-refractivity contribution is -0.154. The van der Waals surface area contributed by atoms with Crippen LogP contribution in [0.5, 0.6) is 0 Å². The molecule has 1 fully saturated rings. The molecule has 0 bridgehead atoms. The van der Waals surface area contributed by atoms with Crippen molar-refractivity contribution in [2.45, 2.75) is 45.1 Å². The number of carbonyl (C=O) groups is 3. The highest BCUT2D eigenvalue weighted by Gasteiger charge is 2.37. The number of nitrogens with zero attached hydrogens (tertiary/aromatic N) is 1. The van der Waals surface area contributed by atoms with E-state index in [1.807, 2.05) is 38.1 Å². The van der Waals surface area contributed by atoms with Gasteiger partial charge in [-0.1, -0.05) is 61.9 Å². The van der Waals surface area contributed by atoms with Crippen molar-refractivity contribution in [1.29, 1.82) is 0 Å². The molecule has 2 N–H and O–H groups in total. The van der Waals surface area contributed by atoms with E-state index in [0.29, 0.717) is 19.5 Å². The van der Waals surface area contributed by atoms with Crippen molar-refractivity contribution in [1.82, 2.24) is 10.2 Å². The number of carbonyl (C=O) groups excluding carboxylic acids is 2. The molecule has 1 saturated heterocycles. The molecule has 0 spiro atoms. The minimum Gasteiger partial charge on any atom is -0.481 e. The van der Waals surface area contributed by atoms with E-state index in [9.17, 15) is 14.4 Å². The number of benzene rings is 2. The minimum absolute atomic E-state index is 0.00893. The largest absolute Gasteiger partial charge is 0.481 e. The molecule has 180 valence electrons. The van der Waals surface area contributed by atoms with Crippen LogP contribution in [0, 0.1) is 11.8 Å². The first kappa shape index (κ1) is 23.8. The first-order valence-electron chi connectivity index (χ1n) is 12.0. The molecular weight excluding hydrogens is 432 g/mol. The van der Waals surface area contributed by atoms with Crippen molar-refractivity contribution in [3.63, 3.8) is 0 Å². The second-order valence-corrected chi connectivity index (χ2v) is 9.48. The molecule has 2 amide bonds. The first-order valence-corrected chi connectivity index (χ1v) is 12.0. The summed E-state index contributed by atoms with van der Waals surface area (Å²) in [5, 5.41) is 11.8. The summed E-state index contributed by atoms with van der Waals surface area (Å²) in [6, 6.07) is 16.4. The number of fused-ring (bicyclic) bond motifs is 3. The standard InChI is InChI=1S/C27H32N2O5/c1-17(25(30)29-14-19(15-29)26(31)32)8-7-9-18(2)28-27(33)34-16-24-22-12-5-3-10-20(22)21-11-4-6-13-23(21)24/h3-6,10-13,17-19,24H,7-9,14-16H2,1-2H3,(H,28,33)(H,31,32). The van der Waals surface area contributed by atoms with Crippen LogP contribution in [0.4, 0.5) is 4.79 Å². The first-order chi connectivity index (χ1) is 16.3. The Morgan fingerprint density at radius 1 is 1.00 bits per heavy atom. The average Bonchev–Trinajstić information content (AvgIpc) is 3.10. The monoisotopic (exact) mass is 464 g/mol. The van der Waals surface area contributed by atoms with Crippen molar-refractivity contribution in [2.24, 2.45) is 11.8 Å². The predicted octanol–water partition coefficient (Wildman–Crippen LogP) is 4.26. The van der Waals surface area contributed by atoms with E-state index in [2.05, 4.69) is 29.6 Å². The Kier molecular flexibility index (Phi) is 7.20. The van der Waals surface area contributed by atoms with Gasteiger partial charge in [0.1, 0.15) is 6.61 Å². The lowest BCUT2D eigenvalue weighted by Crippen LogP contribution is -2.54. The number of nitrogens with one attached hydrogen (secondary N) is 1. The summed E-state index contributed by atoms with van der Waals surface area (Å²) in [4.78, 5) is 37.3. The van der Waals surface area contributed by atoms with Gasteiger partial charge in [-0.2, -0.15) is 0 Å². The minimum atomic E-state index is -0.843. The van der Waals surface area contributed by atoms with Gasteiger partial charge in [0.25, 0.3) is 0 Å². The third kappa shape index (κ3) is 5.08. The van der Waals surface area contributed by atoms with E-state index in [4.69, 9.17) is 9.84 Å². The Morgan fingerprint density at radius 3 is 2.18 bits per heavy atom. The highest BCUT2D eigenvalue weighted by molar-refractivity contribution is 5.82. The molecule has 1 heterocycles. The van der Waals surface area contributed by atoms with Gasteiger partial charge in [0.15, 0.2) is 0 Å². The maximum Gasteiger partial charge on any atom is 0.407 e. The summed E-state index contributed by atoms with van der Waals surface area (Å²) in [5.41, 5.74) is 4.75. The van der Waals surface area contributed by atoms with Crippen LogP contribution < -0.4 is 5.32 Å². The number of amides is 2. The summed E-state index contributed by atoms with van der Waals surface area (Å²) in [5.74, 6) is -1.39. The van der Waals surface area contributed by atoms with Gasteiger partial charge in [-0.05, 0) is 42.0 Å². The topological polar surface area (TPSA) is 95.9 Å². The van der Waals surface area contributed by atoms with E-state index in [1.165, 1.54) is 22.3 Å². The van der Waals surface area contributed by atoms with E-state index >= 15 is 0 Å². The number of carboxylic acid groups (broad SMARTS) is 1. The quantitative estimate of drug-likeness (QED) is 0.578. The zero-order chi connectivity index (χ0) is 24.2. The number of alkyl carbamates (subject to hydrolysis) is 1. The molecule has 0 saturated carbocycles. The van der Waals surface area contributed by atoms with Gasteiger partial charge in [0, 0.05) is 31.0 Å². The molecule has 4 rings (SSSR count). The molecule has 34 heavy (non-hydrogen) atoms. The van der Waals surface area contributed by atoms with E-state index in [1.54, 1.807) is 4.90 Å². The summed E-state index contributed by atoms with van der Waals surface area (Å²) in [6.07, 6.45) is 1.79. The average molecular weight is 465 g/mol. The lowest BCUT2D eigenvalue weighted by atomic mass is 9.95. The summed E-state index contributed by atoms with van der Waals surface area (Å²) < 4.78 is 5.60. The van der Waals surface area contributed by atoms with Crippen molar-refractivity contribution < 1.29 is 24.2 Å². The number of rotatable bonds is 9. The van der Waals surface area contributed by atoms with Crippen molar-refractivity contribution in [3.05, 3.63) is 59.7 Å². The molecule has 7 heteroatoms. The Bertz CT molecular complexity index is 1020. The molecular formula is C27H32N2O5. The SMILES string of the molecule is CC(CCCC(C)C(=O)N1CC(C(=O)O)C1)NC(=O)OCC1c2ccccc2-c2ccccc21. The van der Waals surface area contributed by atoms with Gasteiger partial charge in [-0.3, -0.25) is 9.59 Å². The molecule has 2 aromatic carbocycles. The smallest absolute Gasteiger partial charge is 0.407 e. The van der Waals surface area contributed by atoms with Crippen LogP contribution in [-0.2, 0) is 14.3 Å². The van der Waals surface area contributed by atoms with E-state index in [0.717, 1.165) is 12.8 Å². The van der Waals surface area contributed by atoms with Crippen LogP contribution in [0.25, 0.3) is 11.1 Å². The predicted molar refractivity (Wildman–Crippen MR) is 128 cm³/mol. The molecule has 1 aliphatic carbocycles. The van der Waals surface area contributed by atoms with Crippen LogP contribution in [0.1, 0.15) is 50.2 Å². The van der Waals surface area contributed by atoms with Gasteiger partial charge < -0.3 is 20.1 Å². The normalized spacial score (nSPS) is 16.7. The van der Waals surface area contributed by atoms with Gasteiger partial charge in [0.05, 0.1) is 5.92 Å². The van der Waals surface area contributed by atoms with Gasteiger partial charge in [0.2, 0.25) is 5.91 Å². The number of carboxylic acids is 1. The third-order valence-corrected chi connectivity index (χ3v) is 6.95. The Labute approximate surface area is 200 Å². The number of hydrogen-bond donors (Lipinski definition) is 2. The van der Waals surface area contributed by atoms with Crippen molar-refractivity contribution in [3.8, 4) is 11.1 Å². The van der Waals surface area contributed by atoms with Crippen LogP contribution in [0.2, 0.25) is 0 Å². The van der Waals surface area contributed by atoms with Gasteiger partial charge in [-0.15, -0.1) is 0 Å². The number of aliphatic carboxylic acids is 1. The van der Waals surface area contributed by atoms with E-state index in [-0.39, 0.29) is 30.4 Å². The second kappa shape index (κ2) is 10.3. The molecule has 0 aromatic heterocycles. The van der Waals surface area contributed by atoms with Crippen molar-refractivity contribution >= 4 is 18.0 Å². The number of hydrogen-bond acceptors (Lipinski definition) is 4. The number of ether oxygens (including phenoxy) is 1. The molecule has 2 unspecified atom stereocenters. The lowest BCUT2D eigenvalue weighted by Gasteiger charge is -2.38. The summed E-state index contributed by atoms with van der Waals surface area (Å²) in [6.45, 7) is 4.70. The fourth-order valence-corrected chi connectivity index (χ4v) is 4.89. The molecule has 1 aliphatic heterocycles. The zero-order valence-corrected chi connectivity index (χ0v) is 19.7.